The van der Waals surface area contributed by atoms with Crippen LogP contribution in [0, 0.1) is 0 Å². The molecule has 0 bridgehead atoms. The Bertz CT molecular complexity index is 1040. The van der Waals surface area contributed by atoms with Gasteiger partial charge in [-0.2, -0.15) is 5.10 Å². The summed E-state index contributed by atoms with van der Waals surface area (Å²) in [4.78, 5) is 4.06. The van der Waals surface area contributed by atoms with Crippen LogP contribution < -0.4 is 4.74 Å². The summed E-state index contributed by atoms with van der Waals surface area (Å²) in [6.07, 6.45) is 6.03. The minimum absolute atomic E-state index is 0.514. The number of hydrogen-bond acceptors (Lipinski definition) is 3. The lowest BCUT2D eigenvalue weighted by Crippen LogP contribution is -2.00. The van der Waals surface area contributed by atoms with Crippen LogP contribution >= 0.6 is 0 Å². The van der Waals surface area contributed by atoms with Crippen LogP contribution in [-0.4, -0.2) is 14.8 Å². The normalized spacial score (nSPS) is 13.8. The van der Waals surface area contributed by atoms with Crippen LogP contribution in [0.2, 0.25) is 0 Å². The molecule has 128 valence electrons. The monoisotopic (exact) mass is 341 g/mol. The van der Waals surface area contributed by atoms with E-state index in [2.05, 4.69) is 29.2 Å². The van der Waals surface area contributed by atoms with Gasteiger partial charge in [0.25, 0.3) is 0 Å². The molecule has 2 aromatic carbocycles. The van der Waals surface area contributed by atoms with E-state index in [1.54, 1.807) is 12.4 Å². The molecule has 1 saturated carbocycles. The van der Waals surface area contributed by atoms with Crippen LogP contribution in [0.1, 0.15) is 30.0 Å². The van der Waals surface area contributed by atoms with Crippen molar-refractivity contribution in [3.05, 3.63) is 84.3 Å². The minimum atomic E-state index is 0.514. The van der Waals surface area contributed by atoms with E-state index in [-0.39, 0.29) is 0 Å². The molecule has 4 aromatic rings. The summed E-state index contributed by atoms with van der Waals surface area (Å²) in [7, 11) is 0. The molecule has 4 heteroatoms. The number of rotatable bonds is 5. The molecule has 0 unspecified atom stereocenters. The molecule has 0 radical (unpaired) electrons. The fourth-order valence-electron chi connectivity index (χ4n) is 3.33. The van der Waals surface area contributed by atoms with Gasteiger partial charge in [0.2, 0.25) is 0 Å². The van der Waals surface area contributed by atoms with Crippen molar-refractivity contribution in [3.63, 3.8) is 0 Å². The summed E-state index contributed by atoms with van der Waals surface area (Å²) in [5.41, 5.74) is 4.41. The Morgan fingerprint density at radius 1 is 0.923 bits per heavy atom. The van der Waals surface area contributed by atoms with Crippen molar-refractivity contribution in [2.75, 3.05) is 0 Å². The van der Waals surface area contributed by atoms with Gasteiger partial charge in [-0.05, 0) is 48.7 Å². The lowest BCUT2D eigenvalue weighted by Gasteiger charge is -2.10. The van der Waals surface area contributed by atoms with E-state index in [0.29, 0.717) is 12.5 Å². The lowest BCUT2D eigenvalue weighted by atomic mass is 10.1. The highest BCUT2D eigenvalue weighted by atomic mass is 16.5. The van der Waals surface area contributed by atoms with E-state index in [4.69, 9.17) is 9.84 Å². The number of para-hydroxylation sites is 2. The number of fused-ring (bicyclic) bond motifs is 1. The molecule has 1 aliphatic rings. The summed E-state index contributed by atoms with van der Waals surface area (Å²) in [5.74, 6) is 1.44. The zero-order chi connectivity index (χ0) is 17.3. The first-order chi connectivity index (χ1) is 12.9. The van der Waals surface area contributed by atoms with Crippen molar-refractivity contribution in [1.29, 1.82) is 0 Å². The van der Waals surface area contributed by atoms with Crippen molar-refractivity contribution < 1.29 is 4.74 Å². The average Bonchev–Trinajstić information content (AvgIpc) is 3.48. The van der Waals surface area contributed by atoms with Gasteiger partial charge in [-0.15, -0.1) is 0 Å². The maximum atomic E-state index is 6.19. The van der Waals surface area contributed by atoms with Crippen LogP contribution in [0.5, 0.6) is 5.75 Å². The van der Waals surface area contributed by atoms with Gasteiger partial charge in [0.1, 0.15) is 17.9 Å². The summed E-state index contributed by atoms with van der Waals surface area (Å²) >= 11 is 0. The zero-order valence-corrected chi connectivity index (χ0v) is 14.4. The third-order valence-corrected chi connectivity index (χ3v) is 4.80. The Morgan fingerprint density at radius 2 is 1.73 bits per heavy atom. The second kappa shape index (κ2) is 6.30. The molecular formula is C22H19N3O. The Labute approximate surface area is 152 Å². The molecule has 0 amide bonds. The molecule has 26 heavy (non-hydrogen) atoms. The van der Waals surface area contributed by atoms with E-state index < -0.39 is 0 Å². The third kappa shape index (κ3) is 2.73. The van der Waals surface area contributed by atoms with Crippen molar-refractivity contribution in [2.45, 2.75) is 25.4 Å². The highest BCUT2D eigenvalue weighted by molar-refractivity contribution is 5.89. The summed E-state index contributed by atoms with van der Waals surface area (Å²) in [5, 5.41) is 6.16. The van der Waals surface area contributed by atoms with Gasteiger partial charge in [-0.1, -0.05) is 30.3 Å². The second-order valence-corrected chi connectivity index (χ2v) is 6.70. The maximum absolute atomic E-state index is 6.19. The van der Waals surface area contributed by atoms with Crippen LogP contribution in [-0.2, 0) is 6.61 Å². The van der Waals surface area contributed by atoms with Crippen molar-refractivity contribution >= 4 is 10.9 Å². The number of hydrogen-bond donors (Lipinski definition) is 0. The highest BCUT2D eigenvalue weighted by Gasteiger charge is 2.30. The number of ether oxygens (including phenoxy) is 1. The van der Waals surface area contributed by atoms with Gasteiger partial charge in [0.15, 0.2) is 0 Å². The van der Waals surface area contributed by atoms with Gasteiger partial charge in [0.05, 0.1) is 11.4 Å². The number of nitrogens with zero attached hydrogens (tertiary/aromatic N) is 3. The maximum Gasteiger partial charge on any atom is 0.146 e. The van der Waals surface area contributed by atoms with Gasteiger partial charge in [-0.25, -0.2) is 4.68 Å². The number of pyridine rings is 1. The van der Waals surface area contributed by atoms with Crippen molar-refractivity contribution in [2.24, 2.45) is 0 Å². The van der Waals surface area contributed by atoms with Gasteiger partial charge < -0.3 is 4.74 Å². The molecule has 0 saturated heterocycles. The van der Waals surface area contributed by atoms with Crippen molar-refractivity contribution in [3.8, 4) is 11.4 Å². The SMILES string of the molecule is c1ccc(-n2nc(C3CC3)c3cccc(OCc4ccncc4)c32)cc1. The molecule has 1 fully saturated rings. The van der Waals surface area contributed by atoms with E-state index >= 15 is 0 Å². The van der Waals surface area contributed by atoms with E-state index in [1.165, 1.54) is 23.9 Å². The predicted molar refractivity (Wildman–Crippen MR) is 102 cm³/mol. The standard InChI is InChI=1S/C22H19N3O/c1-2-5-18(6-3-1)25-22-19(21(24-25)17-9-10-17)7-4-8-20(22)26-15-16-11-13-23-14-12-16/h1-8,11-14,17H,9-10,15H2. The van der Waals surface area contributed by atoms with Crippen LogP contribution in [0.4, 0.5) is 0 Å². The third-order valence-electron chi connectivity index (χ3n) is 4.80. The fraction of sp³-hybridized carbons (Fsp3) is 0.182. The Balaban J connectivity index is 1.62. The first-order valence-corrected chi connectivity index (χ1v) is 8.99. The van der Waals surface area contributed by atoms with Gasteiger partial charge in [0, 0.05) is 23.7 Å². The summed E-state index contributed by atoms with van der Waals surface area (Å²) in [6.45, 7) is 0.514. The van der Waals surface area contributed by atoms with Crippen LogP contribution in [0.15, 0.2) is 73.1 Å². The molecule has 1 aliphatic carbocycles. The van der Waals surface area contributed by atoms with E-state index in [9.17, 15) is 0 Å². The average molecular weight is 341 g/mol. The fourth-order valence-corrected chi connectivity index (χ4v) is 3.33. The molecule has 2 heterocycles. The molecule has 5 rings (SSSR count). The topological polar surface area (TPSA) is 39.9 Å². The van der Waals surface area contributed by atoms with Gasteiger partial charge >= 0.3 is 0 Å². The van der Waals surface area contributed by atoms with Crippen molar-refractivity contribution in [1.82, 2.24) is 14.8 Å². The Hall–Kier alpha value is -3.14. The van der Waals surface area contributed by atoms with Crippen LogP contribution in [0.25, 0.3) is 16.6 Å². The van der Waals surface area contributed by atoms with Crippen LogP contribution in [0.3, 0.4) is 0 Å². The molecule has 2 aromatic heterocycles. The second-order valence-electron chi connectivity index (χ2n) is 6.70. The first-order valence-electron chi connectivity index (χ1n) is 8.99. The molecule has 0 aliphatic heterocycles. The van der Waals surface area contributed by atoms with E-state index in [1.807, 2.05) is 41.1 Å². The highest BCUT2D eigenvalue weighted by Crippen LogP contribution is 2.44. The lowest BCUT2D eigenvalue weighted by molar-refractivity contribution is 0.309. The summed E-state index contributed by atoms with van der Waals surface area (Å²) < 4.78 is 8.22. The molecule has 0 spiro atoms. The molecule has 0 N–H and O–H groups in total. The smallest absolute Gasteiger partial charge is 0.146 e. The molecule has 4 nitrogen and oxygen atoms in total. The first kappa shape index (κ1) is 15.1. The quantitative estimate of drug-likeness (QED) is 0.519. The molecular weight excluding hydrogens is 322 g/mol. The number of benzene rings is 2. The largest absolute Gasteiger partial charge is 0.487 e. The summed E-state index contributed by atoms with van der Waals surface area (Å²) in [6, 6.07) is 20.5. The van der Waals surface area contributed by atoms with Gasteiger partial charge in [-0.3, -0.25) is 4.98 Å². The number of aromatic nitrogens is 3. The van der Waals surface area contributed by atoms with E-state index in [0.717, 1.165) is 22.5 Å². The Kier molecular flexibility index (Phi) is 3.67. The molecule has 0 atom stereocenters. The Morgan fingerprint density at radius 3 is 2.50 bits per heavy atom. The minimum Gasteiger partial charge on any atom is -0.487 e. The zero-order valence-electron chi connectivity index (χ0n) is 14.4. The predicted octanol–water partition coefficient (Wildman–Crippen LogP) is 4.88.